The molecule has 0 atom stereocenters. The molecular formula is C28H28BNO. The van der Waals surface area contributed by atoms with Crippen LogP contribution in [0.2, 0.25) is 0 Å². The zero-order chi connectivity index (χ0) is 21.6. The molecule has 1 saturated heterocycles. The van der Waals surface area contributed by atoms with E-state index in [9.17, 15) is 0 Å². The lowest BCUT2D eigenvalue weighted by molar-refractivity contribution is 0.0750. The Labute approximate surface area is 185 Å². The summed E-state index contributed by atoms with van der Waals surface area (Å²) in [5.74, 6) is 0. The van der Waals surface area contributed by atoms with Gasteiger partial charge in [0.2, 0.25) is 0 Å². The number of rotatable bonds is 3. The van der Waals surface area contributed by atoms with Crippen molar-refractivity contribution in [2.24, 2.45) is 0 Å². The van der Waals surface area contributed by atoms with E-state index in [1.807, 2.05) is 0 Å². The van der Waals surface area contributed by atoms with Crippen LogP contribution < -0.4 is 10.7 Å². The van der Waals surface area contributed by atoms with Crippen molar-refractivity contribution in [3.05, 3.63) is 91.0 Å². The molecule has 4 aromatic rings. The molecule has 0 bridgehead atoms. The molecule has 0 saturated carbocycles. The summed E-state index contributed by atoms with van der Waals surface area (Å²) in [5, 5.41) is 6.16. The lowest BCUT2D eigenvalue weighted by Gasteiger charge is -2.33. The minimum absolute atomic E-state index is 0.0745. The molecule has 1 aliphatic heterocycles. The standard InChI is InChI=1S/C28H28BNO/c1-27(2)28(3,4)31-29(30-27)26-17-15-22(16-18-26)21-9-11-23(12-10-21)25-14-13-20-7-5-6-8-24(20)19-25/h5-19,30H,1-4H3. The maximum absolute atomic E-state index is 6.28. The van der Waals surface area contributed by atoms with Crippen LogP contribution in [0.5, 0.6) is 0 Å². The van der Waals surface area contributed by atoms with Crippen LogP contribution >= 0.6 is 0 Å². The van der Waals surface area contributed by atoms with E-state index >= 15 is 0 Å². The predicted molar refractivity (Wildman–Crippen MR) is 133 cm³/mol. The third-order valence-electron chi connectivity index (χ3n) is 6.92. The second-order valence-corrected chi connectivity index (χ2v) is 9.54. The van der Waals surface area contributed by atoms with Crippen molar-refractivity contribution < 1.29 is 4.65 Å². The summed E-state index contributed by atoms with van der Waals surface area (Å²) < 4.78 is 6.28. The SMILES string of the molecule is CC1(C)NB(c2ccc(-c3ccc(-c4ccc5ccccc5c4)cc3)cc2)OC1(C)C. The van der Waals surface area contributed by atoms with Gasteiger partial charge in [-0.15, -0.1) is 0 Å². The molecule has 0 amide bonds. The van der Waals surface area contributed by atoms with Gasteiger partial charge in [-0.3, -0.25) is 0 Å². The Bertz CT molecular complexity index is 1210. The Balaban J connectivity index is 1.36. The van der Waals surface area contributed by atoms with Crippen LogP contribution in [0.3, 0.4) is 0 Å². The first-order valence-corrected chi connectivity index (χ1v) is 11.0. The largest absolute Gasteiger partial charge is 0.416 e. The van der Waals surface area contributed by atoms with E-state index in [4.69, 9.17) is 4.65 Å². The van der Waals surface area contributed by atoms with E-state index < -0.39 is 0 Å². The zero-order valence-electron chi connectivity index (χ0n) is 18.6. The molecule has 3 heteroatoms. The molecule has 1 fully saturated rings. The van der Waals surface area contributed by atoms with Gasteiger partial charge in [0.1, 0.15) is 0 Å². The molecule has 5 rings (SSSR count). The van der Waals surface area contributed by atoms with Gasteiger partial charge in [0.25, 0.3) is 0 Å². The average Bonchev–Trinajstić information content (AvgIpc) is 3.00. The maximum Gasteiger partial charge on any atom is 0.416 e. The van der Waals surface area contributed by atoms with Gasteiger partial charge in [0.05, 0.1) is 5.60 Å². The third kappa shape index (κ3) is 3.69. The number of nitrogens with one attached hydrogen (secondary N) is 1. The van der Waals surface area contributed by atoms with Crippen LogP contribution in [0.15, 0.2) is 91.0 Å². The maximum atomic E-state index is 6.28. The van der Waals surface area contributed by atoms with Gasteiger partial charge < -0.3 is 9.88 Å². The molecule has 2 nitrogen and oxygen atoms in total. The van der Waals surface area contributed by atoms with Crippen LogP contribution in [0.25, 0.3) is 33.0 Å². The fourth-order valence-electron chi connectivity index (χ4n) is 4.20. The second-order valence-electron chi connectivity index (χ2n) is 9.54. The monoisotopic (exact) mass is 405 g/mol. The highest BCUT2D eigenvalue weighted by atomic mass is 16.5. The van der Waals surface area contributed by atoms with E-state index in [0.717, 1.165) is 5.46 Å². The minimum atomic E-state index is -0.213. The lowest BCUT2D eigenvalue weighted by Crippen LogP contribution is -2.51. The van der Waals surface area contributed by atoms with E-state index in [1.165, 1.54) is 33.0 Å². The van der Waals surface area contributed by atoms with Crippen LogP contribution in [0.4, 0.5) is 0 Å². The fraction of sp³-hybridized carbons (Fsp3) is 0.214. The molecule has 31 heavy (non-hydrogen) atoms. The van der Waals surface area contributed by atoms with Gasteiger partial charge in [0.15, 0.2) is 0 Å². The lowest BCUT2D eigenvalue weighted by atomic mass is 9.73. The molecule has 0 radical (unpaired) electrons. The summed E-state index contributed by atoms with van der Waals surface area (Å²) in [5.41, 5.74) is 5.79. The zero-order valence-corrected chi connectivity index (χ0v) is 18.6. The van der Waals surface area contributed by atoms with E-state index in [-0.39, 0.29) is 18.2 Å². The van der Waals surface area contributed by atoms with Gasteiger partial charge in [-0.2, -0.15) is 0 Å². The normalized spacial score (nSPS) is 17.2. The fourth-order valence-corrected chi connectivity index (χ4v) is 4.20. The van der Waals surface area contributed by atoms with Crippen LogP contribution in [-0.2, 0) is 4.65 Å². The Morgan fingerprint density at radius 3 is 1.71 bits per heavy atom. The summed E-state index contributed by atoms with van der Waals surface area (Å²) >= 11 is 0. The smallest absolute Gasteiger partial charge is 0.411 e. The molecule has 0 aliphatic carbocycles. The highest BCUT2D eigenvalue weighted by Crippen LogP contribution is 2.32. The van der Waals surface area contributed by atoms with Crippen molar-refractivity contribution in [2.75, 3.05) is 0 Å². The Hall–Kier alpha value is -2.88. The highest BCUT2D eigenvalue weighted by Gasteiger charge is 2.49. The van der Waals surface area contributed by atoms with Crippen molar-refractivity contribution in [2.45, 2.75) is 38.8 Å². The molecule has 0 aromatic heterocycles. The van der Waals surface area contributed by atoms with Crippen molar-refractivity contribution in [1.82, 2.24) is 5.23 Å². The Morgan fingerprint density at radius 1 is 0.613 bits per heavy atom. The molecular weight excluding hydrogens is 377 g/mol. The first-order chi connectivity index (χ1) is 14.8. The van der Waals surface area contributed by atoms with Crippen LogP contribution in [0.1, 0.15) is 27.7 Å². The summed E-state index contributed by atoms with van der Waals surface area (Å²) in [4.78, 5) is 0. The average molecular weight is 405 g/mol. The predicted octanol–water partition coefficient (Wildman–Crippen LogP) is 6.05. The number of hydrogen-bond donors (Lipinski definition) is 1. The van der Waals surface area contributed by atoms with Crippen molar-refractivity contribution in [1.29, 1.82) is 0 Å². The number of fused-ring (bicyclic) bond motifs is 1. The quantitative estimate of drug-likeness (QED) is 0.419. The van der Waals surface area contributed by atoms with E-state index in [2.05, 4.69) is 124 Å². The highest BCUT2D eigenvalue weighted by molar-refractivity contribution is 6.66. The first-order valence-electron chi connectivity index (χ1n) is 11.0. The molecule has 0 unspecified atom stereocenters. The Morgan fingerprint density at radius 2 is 1.13 bits per heavy atom. The molecule has 1 N–H and O–H groups in total. The molecule has 4 aromatic carbocycles. The second kappa shape index (κ2) is 7.37. The summed E-state index contributed by atoms with van der Waals surface area (Å²) in [7, 11) is -0.0747. The first kappa shape index (κ1) is 20.1. The summed E-state index contributed by atoms with van der Waals surface area (Å²) in [6.45, 7) is 8.67. The van der Waals surface area contributed by atoms with Gasteiger partial charge >= 0.3 is 7.05 Å². The molecule has 1 heterocycles. The Kier molecular flexibility index (Phi) is 4.77. The van der Waals surface area contributed by atoms with Crippen molar-refractivity contribution in [3.8, 4) is 22.3 Å². The van der Waals surface area contributed by atoms with Crippen LogP contribution in [0, 0.1) is 0 Å². The molecule has 154 valence electrons. The van der Waals surface area contributed by atoms with Gasteiger partial charge in [0, 0.05) is 5.54 Å². The minimum Gasteiger partial charge on any atom is -0.411 e. The van der Waals surface area contributed by atoms with Gasteiger partial charge in [-0.1, -0.05) is 84.9 Å². The van der Waals surface area contributed by atoms with E-state index in [1.54, 1.807) is 0 Å². The third-order valence-corrected chi connectivity index (χ3v) is 6.92. The van der Waals surface area contributed by atoms with Gasteiger partial charge in [-0.25, -0.2) is 0 Å². The summed E-state index contributed by atoms with van der Waals surface area (Å²) in [6, 6.07) is 32.7. The van der Waals surface area contributed by atoms with Crippen molar-refractivity contribution >= 4 is 23.3 Å². The van der Waals surface area contributed by atoms with Gasteiger partial charge in [-0.05, 0) is 72.3 Å². The molecule has 0 spiro atoms. The molecule has 1 aliphatic rings. The van der Waals surface area contributed by atoms with E-state index in [0.29, 0.717) is 0 Å². The topological polar surface area (TPSA) is 21.3 Å². The number of hydrogen-bond acceptors (Lipinski definition) is 2. The number of benzene rings is 4. The van der Waals surface area contributed by atoms with Crippen molar-refractivity contribution in [3.63, 3.8) is 0 Å². The summed E-state index contributed by atoms with van der Waals surface area (Å²) in [6.07, 6.45) is 0. The van der Waals surface area contributed by atoms with Crippen LogP contribution in [-0.4, -0.2) is 18.2 Å².